The molecule has 1 amide bonds. The van der Waals surface area contributed by atoms with Crippen LogP contribution in [0.1, 0.15) is 28.4 Å². The second-order valence-corrected chi connectivity index (χ2v) is 6.13. The van der Waals surface area contributed by atoms with Crippen LogP contribution in [-0.2, 0) is 11.2 Å². The number of nitriles is 1. The van der Waals surface area contributed by atoms with Gasteiger partial charge in [0.25, 0.3) is 0 Å². The van der Waals surface area contributed by atoms with E-state index in [1.807, 2.05) is 19.9 Å². The number of para-hydroxylation sites is 2. The Balaban J connectivity index is 2.17. The van der Waals surface area contributed by atoms with E-state index in [1.165, 1.54) is 11.3 Å². The topological polar surface area (TPSA) is 79.2 Å². The number of ketones is 1. The van der Waals surface area contributed by atoms with E-state index in [2.05, 4.69) is 5.32 Å². The van der Waals surface area contributed by atoms with Crippen molar-refractivity contribution >= 4 is 28.7 Å². The van der Waals surface area contributed by atoms with Gasteiger partial charge >= 0.3 is 0 Å². The summed E-state index contributed by atoms with van der Waals surface area (Å²) < 4.78 is 5.43. The van der Waals surface area contributed by atoms with Gasteiger partial charge < -0.3 is 10.1 Å². The number of anilines is 1. The lowest BCUT2D eigenvalue weighted by atomic mass is 10.0. The van der Waals surface area contributed by atoms with Crippen molar-refractivity contribution in [3.63, 3.8) is 0 Å². The summed E-state index contributed by atoms with van der Waals surface area (Å²) in [5, 5.41) is 11.9. The molecule has 1 N–H and O–H groups in total. The average molecular weight is 342 g/mol. The molecule has 6 heteroatoms. The Bertz CT molecular complexity index is 777. The highest BCUT2D eigenvalue weighted by Gasteiger charge is 2.29. The van der Waals surface area contributed by atoms with Crippen molar-refractivity contribution in [2.24, 2.45) is 5.92 Å². The Hall–Kier alpha value is -2.65. The van der Waals surface area contributed by atoms with Gasteiger partial charge in [-0.05, 0) is 37.6 Å². The molecule has 1 aromatic heterocycles. The summed E-state index contributed by atoms with van der Waals surface area (Å²) in [5.41, 5.74) is 0.442. The van der Waals surface area contributed by atoms with Crippen molar-refractivity contribution in [3.05, 3.63) is 46.2 Å². The van der Waals surface area contributed by atoms with E-state index in [0.29, 0.717) is 22.9 Å². The van der Waals surface area contributed by atoms with Crippen LogP contribution in [-0.4, -0.2) is 18.3 Å². The second-order valence-electron chi connectivity index (χ2n) is 4.96. The molecule has 0 unspecified atom stereocenters. The smallest absolute Gasteiger partial charge is 0.249 e. The van der Waals surface area contributed by atoms with Gasteiger partial charge in [0.2, 0.25) is 5.91 Å². The maximum atomic E-state index is 12.4. The summed E-state index contributed by atoms with van der Waals surface area (Å²) in [6.45, 7) is 4.27. The number of nitrogens with zero attached hydrogens (tertiary/aromatic N) is 1. The number of amides is 1. The monoisotopic (exact) mass is 342 g/mol. The van der Waals surface area contributed by atoms with Crippen molar-refractivity contribution in [1.82, 2.24) is 0 Å². The van der Waals surface area contributed by atoms with Crippen LogP contribution in [0.25, 0.3) is 0 Å². The number of rotatable bonds is 7. The number of benzene rings is 1. The van der Waals surface area contributed by atoms with Gasteiger partial charge in [-0.15, -0.1) is 11.3 Å². The molecule has 24 heavy (non-hydrogen) atoms. The molecule has 1 aromatic carbocycles. The Morgan fingerprint density at radius 2 is 2.00 bits per heavy atom. The fourth-order valence-electron chi connectivity index (χ4n) is 2.14. The lowest BCUT2D eigenvalue weighted by molar-refractivity contribution is -0.117. The fourth-order valence-corrected chi connectivity index (χ4v) is 3.05. The normalized spacial score (nSPS) is 11.4. The number of ether oxygens (including phenoxy) is 1. The SMILES string of the molecule is CCOc1ccccc1NC(=O)[C@H](C#N)C(=O)c1ccc(CC)s1. The van der Waals surface area contributed by atoms with Crippen molar-refractivity contribution in [2.45, 2.75) is 20.3 Å². The number of hydrogen-bond acceptors (Lipinski definition) is 5. The zero-order valence-electron chi connectivity index (χ0n) is 13.5. The zero-order valence-corrected chi connectivity index (χ0v) is 14.4. The highest BCUT2D eigenvalue weighted by molar-refractivity contribution is 7.14. The summed E-state index contributed by atoms with van der Waals surface area (Å²) in [5.74, 6) is -2.01. The molecule has 1 heterocycles. The summed E-state index contributed by atoms with van der Waals surface area (Å²) in [4.78, 5) is 26.3. The Kier molecular flexibility index (Phi) is 6.10. The highest BCUT2D eigenvalue weighted by Crippen LogP contribution is 2.25. The average Bonchev–Trinajstić information content (AvgIpc) is 3.06. The van der Waals surface area contributed by atoms with Crippen LogP contribution < -0.4 is 10.1 Å². The molecule has 0 spiro atoms. The van der Waals surface area contributed by atoms with Crippen LogP contribution in [0.4, 0.5) is 5.69 Å². The molecular weight excluding hydrogens is 324 g/mol. The van der Waals surface area contributed by atoms with Crippen LogP contribution >= 0.6 is 11.3 Å². The molecule has 0 radical (unpaired) electrons. The van der Waals surface area contributed by atoms with Gasteiger partial charge in [0.15, 0.2) is 11.7 Å². The van der Waals surface area contributed by atoms with Crippen LogP contribution in [0.5, 0.6) is 5.75 Å². The third-order valence-corrected chi connectivity index (χ3v) is 4.60. The predicted molar refractivity (Wildman–Crippen MR) is 93.4 cm³/mol. The zero-order chi connectivity index (χ0) is 17.5. The van der Waals surface area contributed by atoms with Crippen LogP contribution in [0, 0.1) is 17.2 Å². The van der Waals surface area contributed by atoms with E-state index in [4.69, 9.17) is 4.74 Å². The first-order valence-corrected chi connectivity index (χ1v) is 8.47. The van der Waals surface area contributed by atoms with Crippen molar-refractivity contribution in [3.8, 4) is 11.8 Å². The number of nitrogens with one attached hydrogen (secondary N) is 1. The first-order valence-electron chi connectivity index (χ1n) is 7.65. The number of thiophene rings is 1. The third-order valence-electron chi connectivity index (χ3n) is 3.35. The molecule has 0 aliphatic carbocycles. The number of carbonyl (C=O) groups is 2. The van der Waals surface area contributed by atoms with Gasteiger partial charge in [-0.25, -0.2) is 0 Å². The maximum absolute atomic E-state index is 12.4. The number of Topliss-reactive ketones (excluding diaryl/α,β-unsaturated/α-hetero) is 1. The van der Waals surface area contributed by atoms with E-state index in [0.717, 1.165) is 11.3 Å². The first-order chi connectivity index (χ1) is 11.6. The summed E-state index contributed by atoms with van der Waals surface area (Å²) in [6.07, 6.45) is 0.809. The number of carbonyl (C=O) groups excluding carboxylic acids is 2. The molecule has 2 rings (SSSR count). The van der Waals surface area contributed by atoms with Gasteiger partial charge in [-0.2, -0.15) is 5.26 Å². The highest BCUT2D eigenvalue weighted by atomic mass is 32.1. The van der Waals surface area contributed by atoms with E-state index >= 15 is 0 Å². The molecule has 1 atom stereocenters. The van der Waals surface area contributed by atoms with E-state index in [9.17, 15) is 14.9 Å². The van der Waals surface area contributed by atoms with Crippen LogP contribution in [0.2, 0.25) is 0 Å². The Labute approximate surface area is 144 Å². The molecule has 0 aliphatic rings. The molecule has 0 bridgehead atoms. The number of aryl methyl sites for hydroxylation is 1. The van der Waals surface area contributed by atoms with Crippen molar-refractivity contribution in [2.75, 3.05) is 11.9 Å². The molecule has 124 valence electrons. The van der Waals surface area contributed by atoms with E-state index in [1.54, 1.807) is 36.4 Å². The lowest BCUT2D eigenvalue weighted by Crippen LogP contribution is -2.28. The van der Waals surface area contributed by atoms with Gasteiger partial charge in [0, 0.05) is 4.88 Å². The van der Waals surface area contributed by atoms with Crippen LogP contribution in [0.3, 0.4) is 0 Å². The van der Waals surface area contributed by atoms with Gasteiger partial charge in [-0.3, -0.25) is 9.59 Å². The molecule has 2 aromatic rings. The minimum absolute atomic E-state index is 0.423. The quantitative estimate of drug-likeness (QED) is 0.615. The fraction of sp³-hybridized carbons (Fsp3) is 0.278. The lowest BCUT2D eigenvalue weighted by Gasteiger charge is -2.12. The summed E-state index contributed by atoms with van der Waals surface area (Å²) in [7, 11) is 0. The summed E-state index contributed by atoms with van der Waals surface area (Å²) >= 11 is 1.31. The molecular formula is C18H18N2O3S. The Morgan fingerprint density at radius 1 is 1.25 bits per heavy atom. The van der Waals surface area contributed by atoms with E-state index < -0.39 is 17.6 Å². The second kappa shape index (κ2) is 8.27. The first kappa shape index (κ1) is 17.7. The molecule has 0 fully saturated rings. The minimum Gasteiger partial charge on any atom is -0.492 e. The van der Waals surface area contributed by atoms with E-state index in [-0.39, 0.29) is 0 Å². The number of hydrogen-bond donors (Lipinski definition) is 1. The van der Waals surface area contributed by atoms with Gasteiger partial charge in [0.05, 0.1) is 23.2 Å². The van der Waals surface area contributed by atoms with Crippen LogP contribution in [0.15, 0.2) is 36.4 Å². The molecule has 0 saturated heterocycles. The van der Waals surface area contributed by atoms with Gasteiger partial charge in [-0.1, -0.05) is 19.1 Å². The summed E-state index contributed by atoms with van der Waals surface area (Å²) in [6, 6.07) is 12.2. The standard InChI is InChI=1S/C18H18N2O3S/c1-3-12-9-10-16(24-12)17(21)13(11-19)18(22)20-14-7-5-6-8-15(14)23-4-2/h5-10,13H,3-4H2,1-2H3,(H,20,22)/t13-/m1/s1. The molecule has 0 saturated carbocycles. The maximum Gasteiger partial charge on any atom is 0.249 e. The van der Waals surface area contributed by atoms with Crippen molar-refractivity contribution < 1.29 is 14.3 Å². The largest absolute Gasteiger partial charge is 0.492 e. The molecule has 0 aliphatic heterocycles. The third kappa shape index (κ3) is 4.00. The van der Waals surface area contributed by atoms with Crippen molar-refractivity contribution in [1.29, 1.82) is 5.26 Å². The molecule has 5 nitrogen and oxygen atoms in total. The van der Waals surface area contributed by atoms with Gasteiger partial charge in [0.1, 0.15) is 5.75 Å². The predicted octanol–water partition coefficient (Wildman–Crippen LogP) is 3.67. The minimum atomic E-state index is -1.39. The Morgan fingerprint density at radius 3 is 2.62 bits per heavy atom.